The highest BCUT2D eigenvalue weighted by Crippen LogP contribution is 2.33. The molecular formula is C17H15F3N2. The lowest BCUT2D eigenvalue weighted by Gasteiger charge is -2.08. The molecule has 0 saturated heterocycles. The van der Waals surface area contributed by atoms with E-state index < -0.39 is 11.9 Å². The molecule has 0 unspecified atom stereocenters. The molecule has 0 spiro atoms. The third-order valence-electron chi connectivity index (χ3n) is 3.09. The second-order valence-electron chi connectivity index (χ2n) is 4.72. The number of benzene rings is 1. The van der Waals surface area contributed by atoms with Gasteiger partial charge in [-0.25, -0.2) is 4.68 Å². The maximum atomic E-state index is 13.0. The maximum Gasteiger partial charge on any atom is 0.435 e. The van der Waals surface area contributed by atoms with E-state index in [1.807, 2.05) is 19.1 Å². The Balaban J connectivity index is 2.67. The molecule has 1 heterocycles. The number of hydrogen-bond acceptors (Lipinski definition) is 1. The molecule has 0 aliphatic carbocycles. The smallest absolute Gasteiger partial charge is 0.233 e. The first-order valence-corrected chi connectivity index (χ1v) is 6.56. The van der Waals surface area contributed by atoms with Crippen molar-refractivity contribution in [2.75, 3.05) is 0 Å². The number of aryl methyl sites for hydroxylation is 1. The fourth-order valence-electron chi connectivity index (χ4n) is 1.99. The summed E-state index contributed by atoms with van der Waals surface area (Å²) in [5, 5.41) is 3.67. The molecule has 0 bridgehead atoms. The number of halogens is 3. The molecule has 2 aromatic rings. The predicted octanol–water partition coefficient (Wildman–Crippen LogP) is 5.09. The fraction of sp³-hybridized carbons (Fsp3) is 0.118. The Morgan fingerprint density at radius 2 is 1.82 bits per heavy atom. The van der Waals surface area contributed by atoms with Gasteiger partial charge in [0.1, 0.15) is 0 Å². The zero-order chi connectivity index (χ0) is 16.3. The Hall–Kier alpha value is -2.56. The number of alkyl halides is 3. The summed E-state index contributed by atoms with van der Waals surface area (Å²) in [5.41, 5.74) is 1.49. The quantitative estimate of drug-likeness (QED) is 0.719. The minimum Gasteiger partial charge on any atom is -0.233 e. The molecule has 22 heavy (non-hydrogen) atoms. The van der Waals surface area contributed by atoms with Crippen molar-refractivity contribution >= 4 is 5.70 Å². The number of allylic oxidation sites excluding steroid dienone is 4. The number of nitrogens with zero attached hydrogens (tertiary/aromatic N) is 2. The van der Waals surface area contributed by atoms with E-state index in [0.29, 0.717) is 17.0 Å². The van der Waals surface area contributed by atoms with Crippen molar-refractivity contribution in [2.24, 2.45) is 0 Å². The molecule has 114 valence electrons. The van der Waals surface area contributed by atoms with Crippen LogP contribution in [0.3, 0.4) is 0 Å². The summed E-state index contributed by atoms with van der Waals surface area (Å²) < 4.78 is 40.1. The van der Waals surface area contributed by atoms with Crippen LogP contribution in [0, 0.1) is 6.92 Å². The Bertz CT molecular complexity index is 719. The van der Waals surface area contributed by atoms with Crippen molar-refractivity contribution in [3.05, 3.63) is 73.0 Å². The van der Waals surface area contributed by atoms with Gasteiger partial charge in [0.2, 0.25) is 0 Å². The van der Waals surface area contributed by atoms with Crippen LogP contribution in [-0.4, -0.2) is 9.78 Å². The van der Waals surface area contributed by atoms with Crippen LogP contribution in [0.1, 0.15) is 11.3 Å². The maximum absolute atomic E-state index is 13.0. The molecule has 2 rings (SSSR count). The number of hydrogen-bond donors (Lipinski definition) is 0. The summed E-state index contributed by atoms with van der Waals surface area (Å²) in [4.78, 5) is 0. The second kappa shape index (κ2) is 6.05. The Morgan fingerprint density at radius 3 is 2.32 bits per heavy atom. The first kappa shape index (κ1) is 15.8. The van der Waals surface area contributed by atoms with E-state index >= 15 is 0 Å². The minimum absolute atomic E-state index is 0.348. The summed E-state index contributed by atoms with van der Waals surface area (Å²) in [6.45, 7) is 9.09. The molecular weight excluding hydrogens is 289 g/mol. The van der Waals surface area contributed by atoms with Crippen molar-refractivity contribution in [3.63, 3.8) is 0 Å². The molecule has 0 N–H and O–H groups in total. The molecule has 0 aliphatic heterocycles. The lowest BCUT2D eigenvalue weighted by Crippen LogP contribution is -2.07. The minimum atomic E-state index is -4.51. The van der Waals surface area contributed by atoms with Crippen LogP contribution < -0.4 is 0 Å². The van der Waals surface area contributed by atoms with E-state index in [1.54, 1.807) is 18.2 Å². The van der Waals surface area contributed by atoms with Crippen LogP contribution in [0.2, 0.25) is 0 Å². The zero-order valence-corrected chi connectivity index (χ0v) is 12.1. The summed E-state index contributed by atoms with van der Waals surface area (Å²) >= 11 is 0. The van der Waals surface area contributed by atoms with Crippen molar-refractivity contribution in [2.45, 2.75) is 13.1 Å². The van der Waals surface area contributed by atoms with Crippen molar-refractivity contribution in [1.29, 1.82) is 0 Å². The van der Waals surface area contributed by atoms with Gasteiger partial charge >= 0.3 is 6.18 Å². The highest BCUT2D eigenvalue weighted by molar-refractivity contribution is 5.69. The summed E-state index contributed by atoms with van der Waals surface area (Å²) in [6.07, 6.45) is -0.0413. The van der Waals surface area contributed by atoms with E-state index in [1.165, 1.54) is 16.8 Å². The van der Waals surface area contributed by atoms with E-state index in [2.05, 4.69) is 18.3 Å². The van der Waals surface area contributed by atoms with Crippen molar-refractivity contribution in [1.82, 2.24) is 9.78 Å². The monoisotopic (exact) mass is 304 g/mol. The van der Waals surface area contributed by atoms with Crippen molar-refractivity contribution in [3.8, 4) is 11.3 Å². The largest absolute Gasteiger partial charge is 0.435 e. The lowest BCUT2D eigenvalue weighted by atomic mass is 10.1. The highest BCUT2D eigenvalue weighted by atomic mass is 19.4. The standard InChI is InChI=1S/C17H15F3N2/c1-4-6-14(5-2)22-15(11-16(21-22)17(18,19)20)13-9-7-12(3)8-10-13/h4-11H,1-2H2,3H3. The van der Waals surface area contributed by atoms with Gasteiger partial charge < -0.3 is 0 Å². The van der Waals surface area contributed by atoms with Crippen LogP contribution in [0.5, 0.6) is 0 Å². The average Bonchev–Trinajstić information content (AvgIpc) is 2.90. The van der Waals surface area contributed by atoms with Gasteiger partial charge in [0.15, 0.2) is 5.69 Å². The van der Waals surface area contributed by atoms with E-state index in [4.69, 9.17) is 0 Å². The van der Waals surface area contributed by atoms with Crippen LogP contribution in [0.15, 0.2) is 61.7 Å². The molecule has 0 radical (unpaired) electrons. The molecule has 0 amide bonds. The summed E-state index contributed by atoms with van der Waals surface area (Å²) in [7, 11) is 0. The SMILES string of the molecule is C=CC=C(C=C)n1nc(C(F)(F)F)cc1-c1ccc(C)cc1. The molecule has 5 heteroatoms. The van der Waals surface area contributed by atoms with Gasteiger partial charge in [-0.1, -0.05) is 49.1 Å². The Kier molecular flexibility index (Phi) is 4.35. The van der Waals surface area contributed by atoms with E-state index in [9.17, 15) is 13.2 Å². The molecule has 0 fully saturated rings. The normalized spacial score (nSPS) is 12.3. The van der Waals surface area contributed by atoms with Crippen LogP contribution in [-0.2, 0) is 6.18 Å². The van der Waals surface area contributed by atoms with E-state index in [0.717, 1.165) is 11.6 Å². The van der Waals surface area contributed by atoms with Gasteiger partial charge in [-0.05, 0) is 25.1 Å². The number of aromatic nitrogens is 2. The average molecular weight is 304 g/mol. The zero-order valence-electron chi connectivity index (χ0n) is 12.1. The topological polar surface area (TPSA) is 17.8 Å². The van der Waals surface area contributed by atoms with Gasteiger partial charge in [-0.15, -0.1) is 0 Å². The molecule has 0 atom stereocenters. The lowest BCUT2D eigenvalue weighted by molar-refractivity contribution is -0.141. The first-order chi connectivity index (χ1) is 10.4. The second-order valence-corrected chi connectivity index (χ2v) is 4.72. The molecule has 0 saturated carbocycles. The van der Waals surface area contributed by atoms with Gasteiger partial charge in [-0.3, -0.25) is 0 Å². The Labute approximate surface area is 126 Å². The van der Waals surface area contributed by atoms with Crippen molar-refractivity contribution < 1.29 is 13.2 Å². The number of rotatable bonds is 4. The molecule has 1 aromatic carbocycles. The fourth-order valence-corrected chi connectivity index (χ4v) is 1.99. The van der Waals surface area contributed by atoms with E-state index in [-0.39, 0.29) is 0 Å². The van der Waals surface area contributed by atoms with Gasteiger partial charge in [0.25, 0.3) is 0 Å². The summed E-state index contributed by atoms with van der Waals surface area (Å²) in [6, 6.07) is 8.23. The van der Waals surface area contributed by atoms with Gasteiger partial charge in [0.05, 0.1) is 11.4 Å². The summed E-state index contributed by atoms with van der Waals surface area (Å²) in [5.74, 6) is 0. The third-order valence-corrected chi connectivity index (χ3v) is 3.09. The molecule has 2 nitrogen and oxygen atoms in total. The first-order valence-electron chi connectivity index (χ1n) is 6.56. The van der Waals surface area contributed by atoms with Crippen LogP contribution in [0.25, 0.3) is 17.0 Å². The van der Waals surface area contributed by atoms with Crippen LogP contribution in [0.4, 0.5) is 13.2 Å². The molecule has 0 aliphatic rings. The highest BCUT2D eigenvalue weighted by Gasteiger charge is 2.35. The molecule has 1 aromatic heterocycles. The van der Waals surface area contributed by atoms with Gasteiger partial charge in [0, 0.05) is 5.56 Å². The predicted molar refractivity (Wildman–Crippen MR) is 82.1 cm³/mol. The van der Waals surface area contributed by atoms with Crippen LogP contribution >= 0.6 is 0 Å². The third kappa shape index (κ3) is 3.19. The van der Waals surface area contributed by atoms with Gasteiger partial charge in [-0.2, -0.15) is 18.3 Å². The Morgan fingerprint density at radius 1 is 1.18 bits per heavy atom.